The van der Waals surface area contributed by atoms with Gasteiger partial charge in [0.05, 0.1) is 12.7 Å². The highest BCUT2D eigenvalue weighted by Gasteiger charge is 2.25. The van der Waals surface area contributed by atoms with Gasteiger partial charge in [-0.3, -0.25) is 9.63 Å². The topological polar surface area (TPSA) is 38.3 Å². The van der Waals surface area contributed by atoms with Crippen LogP contribution in [0.1, 0.15) is 20.3 Å². The standard InChI is InChI=1S/C10H14FNO2/c1-10(2)5-4-7(8(11)6-10)9(13)12-14-3/h4,6H,5H2,1-3H3,(H,12,13). The van der Waals surface area contributed by atoms with E-state index in [4.69, 9.17) is 0 Å². The smallest absolute Gasteiger partial charge is 0.277 e. The third-order valence-electron chi connectivity index (χ3n) is 2.05. The van der Waals surface area contributed by atoms with E-state index in [0.29, 0.717) is 6.42 Å². The Balaban J connectivity index is 2.80. The summed E-state index contributed by atoms with van der Waals surface area (Å²) in [6, 6.07) is 0. The summed E-state index contributed by atoms with van der Waals surface area (Å²) in [5.74, 6) is -1.03. The first-order valence-electron chi connectivity index (χ1n) is 4.38. The molecule has 0 fully saturated rings. The second-order valence-electron chi connectivity index (χ2n) is 3.94. The van der Waals surface area contributed by atoms with Gasteiger partial charge in [0.2, 0.25) is 0 Å². The fraction of sp³-hybridized carbons (Fsp3) is 0.500. The van der Waals surface area contributed by atoms with Crippen LogP contribution in [-0.2, 0) is 9.63 Å². The molecule has 1 amide bonds. The van der Waals surface area contributed by atoms with Crippen molar-refractivity contribution in [3.05, 3.63) is 23.6 Å². The van der Waals surface area contributed by atoms with Crippen LogP contribution >= 0.6 is 0 Å². The molecule has 0 aromatic rings. The molecule has 1 rings (SSSR count). The van der Waals surface area contributed by atoms with Gasteiger partial charge in [-0.05, 0) is 17.9 Å². The number of halogens is 1. The normalized spacial score (nSPS) is 19.7. The summed E-state index contributed by atoms with van der Waals surface area (Å²) in [7, 11) is 1.31. The van der Waals surface area contributed by atoms with Gasteiger partial charge < -0.3 is 0 Å². The number of hydroxylamine groups is 1. The average Bonchev–Trinajstić information content (AvgIpc) is 2.02. The fourth-order valence-corrected chi connectivity index (χ4v) is 1.29. The van der Waals surface area contributed by atoms with E-state index in [9.17, 15) is 9.18 Å². The molecule has 0 aliphatic heterocycles. The minimum Gasteiger partial charge on any atom is -0.277 e. The third kappa shape index (κ3) is 2.42. The van der Waals surface area contributed by atoms with Crippen molar-refractivity contribution in [1.29, 1.82) is 0 Å². The van der Waals surface area contributed by atoms with Gasteiger partial charge in [0, 0.05) is 0 Å². The minimum absolute atomic E-state index is 0.0474. The van der Waals surface area contributed by atoms with Crippen LogP contribution in [0.3, 0.4) is 0 Å². The summed E-state index contributed by atoms with van der Waals surface area (Å²) in [6.45, 7) is 3.82. The van der Waals surface area contributed by atoms with E-state index in [2.05, 4.69) is 10.3 Å². The van der Waals surface area contributed by atoms with Crippen molar-refractivity contribution in [2.45, 2.75) is 20.3 Å². The first-order valence-corrected chi connectivity index (χ1v) is 4.38. The Bertz CT molecular complexity index is 305. The third-order valence-corrected chi connectivity index (χ3v) is 2.05. The summed E-state index contributed by atoms with van der Waals surface area (Å²) < 4.78 is 13.4. The lowest BCUT2D eigenvalue weighted by Gasteiger charge is -2.23. The molecule has 0 radical (unpaired) electrons. The molecule has 0 aromatic carbocycles. The van der Waals surface area contributed by atoms with E-state index < -0.39 is 11.7 Å². The number of amides is 1. The van der Waals surface area contributed by atoms with E-state index in [0.717, 1.165) is 0 Å². The van der Waals surface area contributed by atoms with Crippen molar-refractivity contribution in [3.8, 4) is 0 Å². The van der Waals surface area contributed by atoms with Gasteiger partial charge in [0.25, 0.3) is 5.91 Å². The molecule has 3 nitrogen and oxygen atoms in total. The first-order chi connectivity index (χ1) is 6.46. The predicted octanol–water partition coefficient (Wildman–Crippen LogP) is 1.87. The van der Waals surface area contributed by atoms with Crippen molar-refractivity contribution in [1.82, 2.24) is 5.48 Å². The summed E-state index contributed by atoms with van der Waals surface area (Å²) >= 11 is 0. The van der Waals surface area contributed by atoms with E-state index in [-0.39, 0.29) is 11.0 Å². The Kier molecular flexibility index (Phi) is 3.06. The van der Waals surface area contributed by atoms with Crippen LogP contribution in [0.5, 0.6) is 0 Å². The minimum atomic E-state index is -0.545. The van der Waals surface area contributed by atoms with Crippen molar-refractivity contribution >= 4 is 5.91 Å². The molecule has 4 heteroatoms. The average molecular weight is 199 g/mol. The monoisotopic (exact) mass is 199 g/mol. The molecule has 0 saturated heterocycles. The number of allylic oxidation sites excluding steroid dienone is 2. The molecule has 0 bridgehead atoms. The van der Waals surface area contributed by atoms with Crippen LogP contribution in [0.25, 0.3) is 0 Å². The van der Waals surface area contributed by atoms with Gasteiger partial charge in [0.1, 0.15) is 5.83 Å². The largest absolute Gasteiger partial charge is 0.277 e. The summed E-state index contributed by atoms with van der Waals surface area (Å²) in [5.41, 5.74) is 1.91. The molecule has 78 valence electrons. The van der Waals surface area contributed by atoms with E-state index in [1.165, 1.54) is 13.2 Å². The quantitative estimate of drug-likeness (QED) is 0.689. The van der Waals surface area contributed by atoms with E-state index >= 15 is 0 Å². The van der Waals surface area contributed by atoms with Gasteiger partial charge >= 0.3 is 0 Å². The van der Waals surface area contributed by atoms with Crippen LogP contribution < -0.4 is 5.48 Å². The molecule has 0 aromatic heterocycles. The van der Waals surface area contributed by atoms with Gasteiger partial charge in [-0.1, -0.05) is 19.9 Å². The van der Waals surface area contributed by atoms with Gasteiger partial charge in [-0.2, -0.15) is 0 Å². The highest BCUT2D eigenvalue weighted by Crippen LogP contribution is 2.32. The van der Waals surface area contributed by atoms with Crippen LogP contribution in [0.15, 0.2) is 23.6 Å². The second kappa shape index (κ2) is 3.92. The molecule has 0 spiro atoms. The Morgan fingerprint density at radius 2 is 2.29 bits per heavy atom. The number of hydrogen-bond donors (Lipinski definition) is 1. The molecule has 14 heavy (non-hydrogen) atoms. The van der Waals surface area contributed by atoms with Crippen LogP contribution in [0.4, 0.5) is 4.39 Å². The highest BCUT2D eigenvalue weighted by atomic mass is 19.1. The number of hydrogen-bond acceptors (Lipinski definition) is 2. The Morgan fingerprint density at radius 1 is 1.64 bits per heavy atom. The molecular formula is C10H14FNO2. The lowest BCUT2D eigenvalue weighted by atomic mass is 9.83. The van der Waals surface area contributed by atoms with Crippen molar-refractivity contribution in [2.75, 3.05) is 7.11 Å². The zero-order valence-electron chi connectivity index (χ0n) is 8.56. The van der Waals surface area contributed by atoms with E-state index in [1.807, 2.05) is 13.8 Å². The summed E-state index contributed by atoms with van der Waals surface area (Å²) in [4.78, 5) is 15.7. The van der Waals surface area contributed by atoms with Crippen LogP contribution in [-0.4, -0.2) is 13.0 Å². The maximum atomic E-state index is 13.4. The molecule has 1 N–H and O–H groups in total. The second-order valence-corrected chi connectivity index (χ2v) is 3.94. The SMILES string of the molecule is CONC(=O)C1=CCC(C)(C)C=C1F. The molecule has 0 heterocycles. The Hall–Kier alpha value is -1.16. The highest BCUT2D eigenvalue weighted by molar-refractivity contribution is 5.96. The van der Waals surface area contributed by atoms with Crippen LogP contribution in [0, 0.1) is 5.41 Å². The van der Waals surface area contributed by atoms with Crippen molar-refractivity contribution in [3.63, 3.8) is 0 Å². The number of carbonyl (C=O) groups excluding carboxylic acids is 1. The number of nitrogens with one attached hydrogen (secondary N) is 1. The predicted molar refractivity (Wildman–Crippen MR) is 50.8 cm³/mol. The van der Waals surface area contributed by atoms with Crippen molar-refractivity contribution < 1.29 is 14.0 Å². The summed E-state index contributed by atoms with van der Waals surface area (Å²) in [5, 5.41) is 0. The molecule has 0 atom stereocenters. The first kappa shape index (κ1) is 10.9. The molecule has 1 aliphatic rings. The van der Waals surface area contributed by atoms with Gasteiger partial charge in [0.15, 0.2) is 0 Å². The van der Waals surface area contributed by atoms with Crippen molar-refractivity contribution in [2.24, 2.45) is 5.41 Å². The Labute approximate surface area is 82.6 Å². The molecule has 0 unspecified atom stereocenters. The zero-order chi connectivity index (χ0) is 10.8. The number of rotatable bonds is 2. The molecular weight excluding hydrogens is 185 g/mol. The van der Waals surface area contributed by atoms with E-state index in [1.54, 1.807) is 6.08 Å². The maximum absolute atomic E-state index is 13.4. The van der Waals surface area contributed by atoms with Gasteiger partial charge in [-0.25, -0.2) is 9.87 Å². The van der Waals surface area contributed by atoms with Gasteiger partial charge in [-0.15, -0.1) is 0 Å². The Morgan fingerprint density at radius 3 is 2.79 bits per heavy atom. The maximum Gasteiger partial charge on any atom is 0.277 e. The molecule has 1 aliphatic carbocycles. The fourth-order valence-electron chi connectivity index (χ4n) is 1.29. The lowest BCUT2D eigenvalue weighted by Crippen LogP contribution is -2.26. The number of carbonyl (C=O) groups is 1. The molecule has 0 saturated carbocycles. The summed E-state index contributed by atoms with van der Waals surface area (Å²) in [6.07, 6.45) is 3.69. The lowest BCUT2D eigenvalue weighted by molar-refractivity contribution is -0.127. The van der Waals surface area contributed by atoms with Crippen LogP contribution in [0.2, 0.25) is 0 Å². The zero-order valence-corrected chi connectivity index (χ0v) is 8.56.